The lowest BCUT2D eigenvalue weighted by Gasteiger charge is -2.32. The molecular formula is C23H29BN2O4. The summed E-state index contributed by atoms with van der Waals surface area (Å²) >= 11 is 0. The van der Waals surface area contributed by atoms with Gasteiger partial charge in [-0.25, -0.2) is 0 Å². The van der Waals surface area contributed by atoms with E-state index in [9.17, 15) is 10.1 Å². The molecule has 0 atom stereocenters. The summed E-state index contributed by atoms with van der Waals surface area (Å²) in [5.74, 6) is 0.310. The second-order valence-corrected chi connectivity index (χ2v) is 8.64. The van der Waals surface area contributed by atoms with Crippen molar-refractivity contribution in [2.24, 2.45) is 0 Å². The lowest BCUT2D eigenvalue weighted by molar-refractivity contribution is 0.00578. The molecule has 1 saturated heterocycles. The molecule has 1 aliphatic rings. The molecule has 1 aromatic carbocycles. The van der Waals surface area contributed by atoms with Gasteiger partial charge in [0.2, 0.25) is 0 Å². The summed E-state index contributed by atoms with van der Waals surface area (Å²) in [6.45, 7) is 11.0. The van der Waals surface area contributed by atoms with E-state index in [1.807, 2.05) is 58.0 Å². The molecule has 7 heteroatoms. The summed E-state index contributed by atoms with van der Waals surface area (Å²) < 4.78 is 19.5. The van der Waals surface area contributed by atoms with E-state index in [4.69, 9.17) is 14.0 Å². The molecule has 0 saturated carbocycles. The van der Waals surface area contributed by atoms with Gasteiger partial charge in [-0.05, 0) is 51.2 Å². The number of aryl methyl sites for hydroxylation is 1. The Kier molecular flexibility index (Phi) is 6.40. The fraction of sp³-hybridized carbons (Fsp3) is 0.478. The molecule has 2 heterocycles. The van der Waals surface area contributed by atoms with Crippen molar-refractivity contribution in [3.05, 3.63) is 58.0 Å². The molecule has 2 aromatic rings. The normalized spacial score (nSPS) is 17.0. The summed E-state index contributed by atoms with van der Waals surface area (Å²) in [6, 6.07) is 11.5. The van der Waals surface area contributed by atoms with Crippen LogP contribution < -0.4 is 15.8 Å². The number of benzene rings is 1. The van der Waals surface area contributed by atoms with Crippen molar-refractivity contribution in [2.75, 3.05) is 0 Å². The van der Waals surface area contributed by atoms with Gasteiger partial charge in [-0.1, -0.05) is 37.6 Å². The molecule has 0 bridgehead atoms. The number of pyridine rings is 1. The molecule has 3 rings (SSSR count). The van der Waals surface area contributed by atoms with Gasteiger partial charge in [0.05, 0.1) is 11.2 Å². The number of hydrogen-bond donors (Lipinski definition) is 0. The third-order valence-corrected chi connectivity index (χ3v) is 5.89. The van der Waals surface area contributed by atoms with Crippen LogP contribution in [-0.4, -0.2) is 22.9 Å². The van der Waals surface area contributed by atoms with Crippen LogP contribution in [0, 0.1) is 11.3 Å². The SMILES string of the molecule is CCCCn1ccc(OCc2ccc(B3OC(C)(C)C(C)(C)O3)cc2)c(C#N)c1=O. The third kappa shape index (κ3) is 4.45. The maximum absolute atomic E-state index is 12.5. The lowest BCUT2D eigenvalue weighted by atomic mass is 9.79. The predicted molar refractivity (Wildman–Crippen MR) is 117 cm³/mol. The molecule has 0 N–H and O–H groups in total. The number of unbranched alkanes of at least 4 members (excludes halogenated alkanes) is 1. The number of rotatable bonds is 7. The van der Waals surface area contributed by atoms with Crippen molar-refractivity contribution in [2.45, 2.75) is 71.8 Å². The second-order valence-electron chi connectivity index (χ2n) is 8.64. The fourth-order valence-corrected chi connectivity index (χ4v) is 3.20. The Morgan fingerprint density at radius 3 is 2.30 bits per heavy atom. The monoisotopic (exact) mass is 408 g/mol. The number of nitriles is 1. The van der Waals surface area contributed by atoms with Crippen LogP contribution in [0.4, 0.5) is 0 Å². The Morgan fingerprint density at radius 2 is 1.73 bits per heavy atom. The lowest BCUT2D eigenvalue weighted by Crippen LogP contribution is -2.41. The summed E-state index contributed by atoms with van der Waals surface area (Å²) in [7, 11) is -0.411. The van der Waals surface area contributed by atoms with Gasteiger partial charge >= 0.3 is 7.12 Å². The molecule has 0 radical (unpaired) electrons. The maximum atomic E-state index is 12.5. The summed E-state index contributed by atoms with van der Waals surface area (Å²) in [5.41, 5.74) is 0.833. The smallest absolute Gasteiger partial charge is 0.487 e. The number of ether oxygens (including phenoxy) is 1. The average Bonchev–Trinajstić information content (AvgIpc) is 2.93. The summed E-state index contributed by atoms with van der Waals surface area (Å²) in [6.07, 6.45) is 3.56. The van der Waals surface area contributed by atoms with E-state index in [1.165, 1.54) is 0 Å². The van der Waals surface area contributed by atoms with Gasteiger partial charge in [0.15, 0.2) is 5.56 Å². The number of nitrogens with zero attached hydrogens (tertiary/aromatic N) is 2. The molecule has 0 unspecified atom stereocenters. The van der Waals surface area contributed by atoms with Crippen LogP contribution in [0.3, 0.4) is 0 Å². The highest BCUT2D eigenvalue weighted by Gasteiger charge is 2.51. The van der Waals surface area contributed by atoms with Gasteiger partial charge < -0.3 is 18.6 Å². The van der Waals surface area contributed by atoms with Gasteiger partial charge in [-0.2, -0.15) is 5.26 Å². The molecular weight excluding hydrogens is 379 g/mol. The first kappa shape index (κ1) is 22.1. The third-order valence-electron chi connectivity index (χ3n) is 5.89. The van der Waals surface area contributed by atoms with E-state index < -0.39 is 7.12 Å². The zero-order valence-electron chi connectivity index (χ0n) is 18.4. The Hall–Kier alpha value is -2.56. The van der Waals surface area contributed by atoms with Crippen molar-refractivity contribution in [1.82, 2.24) is 4.57 Å². The Balaban J connectivity index is 1.68. The first-order valence-electron chi connectivity index (χ1n) is 10.4. The van der Waals surface area contributed by atoms with Crippen LogP contribution in [0.25, 0.3) is 0 Å². The van der Waals surface area contributed by atoms with Crippen molar-refractivity contribution < 1.29 is 14.0 Å². The minimum Gasteiger partial charge on any atom is -0.487 e. The summed E-state index contributed by atoms with van der Waals surface area (Å²) in [5, 5.41) is 9.42. The zero-order chi connectivity index (χ0) is 21.9. The van der Waals surface area contributed by atoms with Crippen LogP contribution in [0.5, 0.6) is 5.75 Å². The standard InChI is InChI=1S/C23H29BN2O4/c1-6-7-13-26-14-12-20(19(15-25)21(26)27)28-16-17-8-10-18(11-9-17)24-29-22(2,3)23(4,5)30-24/h8-12,14H,6-7,13,16H2,1-5H3. The first-order chi connectivity index (χ1) is 14.2. The molecule has 0 amide bonds. The number of aromatic nitrogens is 1. The molecule has 0 aliphatic carbocycles. The number of hydrogen-bond acceptors (Lipinski definition) is 5. The Labute approximate surface area is 178 Å². The van der Waals surface area contributed by atoms with E-state index in [1.54, 1.807) is 16.8 Å². The minimum absolute atomic E-state index is 0.0439. The first-order valence-corrected chi connectivity index (χ1v) is 10.4. The van der Waals surface area contributed by atoms with E-state index >= 15 is 0 Å². The van der Waals surface area contributed by atoms with Crippen molar-refractivity contribution >= 4 is 12.6 Å². The van der Waals surface area contributed by atoms with Gasteiger partial charge in [0, 0.05) is 12.7 Å². The maximum Gasteiger partial charge on any atom is 0.494 e. The van der Waals surface area contributed by atoms with E-state index in [0.29, 0.717) is 12.3 Å². The molecule has 1 fully saturated rings. The van der Waals surface area contributed by atoms with Crippen LogP contribution >= 0.6 is 0 Å². The van der Waals surface area contributed by atoms with Crippen LogP contribution in [0.2, 0.25) is 0 Å². The van der Waals surface area contributed by atoms with E-state index in [0.717, 1.165) is 23.9 Å². The van der Waals surface area contributed by atoms with Crippen molar-refractivity contribution in [1.29, 1.82) is 5.26 Å². The highest BCUT2D eigenvalue weighted by atomic mass is 16.7. The van der Waals surface area contributed by atoms with Gasteiger partial charge in [0.1, 0.15) is 18.4 Å². The van der Waals surface area contributed by atoms with Crippen LogP contribution in [0.1, 0.15) is 58.6 Å². The van der Waals surface area contributed by atoms with Crippen molar-refractivity contribution in [3.63, 3.8) is 0 Å². The Bertz CT molecular complexity index is 974. The molecule has 0 spiro atoms. The highest BCUT2D eigenvalue weighted by molar-refractivity contribution is 6.62. The topological polar surface area (TPSA) is 73.5 Å². The minimum atomic E-state index is -0.411. The van der Waals surface area contributed by atoms with Crippen LogP contribution in [0.15, 0.2) is 41.3 Å². The molecule has 6 nitrogen and oxygen atoms in total. The molecule has 30 heavy (non-hydrogen) atoms. The van der Waals surface area contributed by atoms with E-state index in [-0.39, 0.29) is 28.9 Å². The molecule has 1 aromatic heterocycles. The predicted octanol–water partition coefficient (Wildman–Crippen LogP) is 3.40. The fourth-order valence-electron chi connectivity index (χ4n) is 3.20. The molecule has 158 valence electrons. The average molecular weight is 408 g/mol. The van der Waals surface area contributed by atoms with Gasteiger partial charge in [0.25, 0.3) is 5.56 Å². The van der Waals surface area contributed by atoms with Gasteiger partial charge in [-0.15, -0.1) is 0 Å². The second kappa shape index (κ2) is 8.67. The molecule has 1 aliphatic heterocycles. The zero-order valence-corrected chi connectivity index (χ0v) is 18.4. The highest BCUT2D eigenvalue weighted by Crippen LogP contribution is 2.36. The van der Waals surface area contributed by atoms with Crippen LogP contribution in [-0.2, 0) is 22.5 Å². The summed E-state index contributed by atoms with van der Waals surface area (Å²) in [4.78, 5) is 12.5. The van der Waals surface area contributed by atoms with Crippen molar-refractivity contribution in [3.8, 4) is 11.8 Å². The quantitative estimate of drug-likeness (QED) is 0.657. The Morgan fingerprint density at radius 1 is 1.10 bits per heavy atom. The largest absolute Gasteiger partial charge is 0.494 e. The van der Waals surface area contributed by atoms with Gasteiger partial charge in [-0.3, -0.25) is 4.79 Å². The van der Waals surface area contributed by atoms with E-state index in [2.05, 4.69) is 6.92 Å².